The van der Waals surface area contributed by atoms with Crippen LogP contribution in [0, 0.1) is 11.8 Å². The Kier molecular flexibility index (Phi) is 7.99. The Bertz CT molecular complexity index is 794. The van der Waals surface area contributed by atoms with E-state index in [0.29, 0.717) is 19.6 Å². The summed E-state index contributed by atoms with van der Waals surface area (Å²) in [6.45, 7) is 13.9. The Labute approximate surface area is 201 Å². The van der Waals surface area contributed by atoms with Crippen LogP contribution in [-0.4, -0.2) is 80.6 Å². The van der Waals surface area contributed by atoms with Crippen LogP contribution in [0.4, 0.5) is 0 Å². The first-order valence-corrected chi connectivity index (χ1v) is 12.8. The lowest BCUT2D eigenvalue weighted by Gasteiger charge is -2.42. The monoisotopic (exact) mass is 478 g/mol. The standard InChI is InChI=1S/C25H38N2O5S/c1-6-8-9-10-16-32-23(31)18-17-11-12-25(33-17)19(18)21(29)26(14-15-28)20(25)22(30)27(13-7-2)24(3,4)5/h6-7,17-20,28H,1-2,8-16H2,3-5H3/t17-,18+,19-,20?,25?/m0/s1. The van der Waals surface area contributed by atoms with Crippen molar-refractivity contribution in [2.45, 2.75) is 74.5 Å². The van der Waals surface area contributed by atoms with Crippen LogP contribution in [0.5, 0.6) is 0 Å². The minimum Gasteiger partial charge on any atom is -0.465 e. The van der Waals surface area contributed by atoms with Crippen molar-refractivity contribution in [3.05, 3.63) is 25.3 Å². The highest BCUT2D eigenvalue weighted by Crippen LogP contribution is 2.66. The summed E-state index contributed by atoms with van der Waals surface area (Å²) in [5, 5.41) is 9.68. The highest BCUT2D eigenvalue weighted by molar-refractivity contribution is 8.02. The Morgan fingerprint density at radius 1 is 1.30 bits per heavy atom. The van der Waals surface area contributed by atoms with E-state index in [-0.39, 0.29) is 36.2 Å². The minimum absolute atomic E-state index is 0.0197. The molecule has 0 radical (unpaired) electrons. The van der Waals surface area contributed by atoms with Crippen molar-refractivity contribution in [3.63, 3.8) is 0 Å². The number of aliphatic hydroxyl groups excluding tert-OH is 1. The number of unbranched alkanes of at least 4 members (excludes halogenated alkanes) is 2. The van der Waals surface area contributed by atoms with Gasteiger partial charge in [0.2, 0.25) is 11.8 Å². The van der Waals surface area contributed by atoms with Gasteiger partial charge in [0.05, 0.1) is 29.8 Å². The number of allylic oxidation sites excluding steroid dienone is 1. The smallest absolute Gasteiger partial charge is 0.310 e. The van der Waals surface area contributed by atoms with Gasteiger partial charge in [-0.3, -0.25) is 14.4 Å². The van der Waals surface area contributed by atoms with Crippen LogP contribution in [0.3, 0.4) is 0 Å². The van der Waals surface area contributed by atoms with Crippen molar-refractivity contribution < 1.29 is 24.2 Å². The molecule has 3 rings (SSSR count). The van der Waals surface area contributed by atoms with Crippen LogP contribution in [-0.2, 0) is 19.1 Å². The SMILES string of the molecule is C=CCCCCOC(=O)[C@@H]1[C@@H]2CCC3(S2)C(C(=O)N(CC=C)C(C)(C)C)N(CCO)C(=O)[C@H]13. The lowest BCUT2D eigenvalue weighted by Crippen LogP contribution is -2.59. The first-order valence-electron chi connectivity index (χ1n) is 11.9. The fourth-order valence-electron chi connectivity index (χ4n) is 5.68. The molecule has 3 aliphatic rings. The number of esters is 1. The Morgan fingerprint density at radius 2 is 2.03 bits per heavy atom. The summed E-state index contributed by atoms with van der Waals surface area (Å²) in [7, 11) is 0. The lowest BCUT2D eigenvalue weighted by molar-refractivity contribution is -0.154. The summed E-state index contributed by atoms with van der Waals surface area (Å²) in [5.41, 5.74) is -0.459. The fourth-order valence-corrected chi connectivity index (χ4v) is 7.88. The van der Waals surface area contributed by atoms with Crippen molar-refractivity contribution in [2.75, 3.05) is 26.3 Å². The average molecular weight is 479 g/mol. The Morgan fingerprint density at radius 3 is 2.64 bits per heavy atom. The fraction of sp³-hybridized carbons (Fsp3) is 0.720. The van der Waals surface area contributed by atoms with Gasteiger partial charge >= 0.3 is 5.97 Å². The van der Waals surface area contributed by atoms with Gasteiger partial charge in [0, 0.05) is 23.9 Å². The molecule has 184 valence electrons. The van der Waals surface area contributed by atoms with E-state index < -0.39 is 28.2 Å². The van der Waals surface area contributed by atoms with E-state index in [0.717, 1.165) is 25.7 Å². The zero-order chi connectivity index (χ0) is 24.4. The Hall–Kier alpha value is -1.80. The average Bonchev–Trinajstić information content (AvgIpc) is 3.39. The molecule has 2 unspecified atom stereocenters. The second kappa shape index (κ2) is 10.2. The molecular weight excluding hydrogens is 440 g/mol. The van der Waals surface area contributed by atoms with Gasteiger partial charge in [0.25, 0.3) is 0 Å². The topological polar surface area (TPSA) is 87.2 Å². The molecule has 7 nitrogen and oxygen atoms in total. The van der Waals surface area contributed by atoms with Crippen molar-refractivity contribution in [1.82, 2.24) is 9.80 Å². The number of ether oxygens (including phenoxy) is 1. The summed E-state index contributed by atoms with van der Waals surface area (Å²) < 4.78 is 4.93. The molecule has 0 saturated carbocycles. The maximum Gasteiger partial charge on any atom is 0.310 e. The number of thioether (sulfide) groups is 1. The van der Waals surface area contributed by atoms with Crippen LogP contribution in [0.25, 0.3) is 0 Å². The zero-order valence-corrected chi connectivity index (χ0v) is 20.9. The molecule has 3 aliphatic heterocycles. The number of amides is 2. The highest BCUT2D eigenvalue weighted by atomic mass is 32.2. The molecular formula is C25H38N2O5S. The van der Waals surface area contributed by atoms with Crippen molar-refractivity contribution in [2.24, 2.45) is 11.8 Å². The summed E-state index contributed by atoms with van der Waals surface area (Å²) >= 11 is 1.62. The second-order valence-corrected chi connectivity index (χ2v) is 11.8. The highest BCUT2D eigenvalue weighted by Gasteiger charge is 2.74. The van der Waals surface area contributed by atoms with E-state index in [9.17, 15) is 19.5 Å². The minimum atomic E-state index is -0.707. The molecule has 5 atom stereocenters. The lowest BCUT2D eigenvalue weighted by atomic mass is 9.71. The molecule has 2 amide bonds. The number of hydrogen-bond acceptors (Lipinski definition) is 6. The van der Waals surface area contributed by atoms with Gasteiger partial charge in [0.1, 0.15) is 6.04 Å². The first kappa shape index (κ1) is 25.8. The van der Waals surface area contributed by atoms with Gasteiger partial charge in [0.15, 0.2) is 0 Å². The van der Waals surface area contributed by atoms with E-state index in [1.807, 2.05) is 26.8 Å². The number of hydrogen-bond donors (Lipinski definition) is 1. The second-order valence-electron chi connectivity index (χ2n) is 10.2. The number of nitrogens with zero attached hydrogens (tertiary/aromatic N) is 2. The van der Waals surface area contributed by atoms with Crippen LogP contribution < -0.4 is 0 Å². The van der Waals surface area contributed by atoms with Crippen molar-refractivity contribution >= 4 is 29.5 Å². The van der Waals surface area contributed by atoms with Gasteiger partial charge in [-0.05, 0) is 52.9 Å². The number of aliphatic hydroxyl groups is 1. The maximum atomic E-state index is 14.0. The summed E-state index contributed by atoms with van der Waals surface area (Å²) in [6.07, 6.45) is 7.54. The van der Waals surface area contributed by atoms with Gasteiger partial charge < -0.3 is 19.6 Å². The quantitative estimate of drug-likeness (QED) is 0.279. The zero-order valence-electron chi connectivity index (χ0n) is 20.1. The first-order chi connectivity index (χ1) is 15.6. The predicted molar refractivity (Wildman–Crippen MR) is 130 cm³/mol. The molecule has 3 saturated heterocycles. The van der Waals surface area contributed by atoms with E-state index in [2.05, 4.69) is 13.2 Å². The molecule has 8 heteroatoms. The molecule has 0 aliphatic carbocycles. The number of rotatable bonds is 11. The summed E-state index contributed by atoms with van der Waals surface area (Å²) in [4.78, 5) is 44.0. The van der Waals surface area contributed by atoms with Crippen LogP contribution >= 0.6 is 11.8 Å². The molecule has 1 N–H and O–H groups in total. The normalized spacial score (nSPS) is 30.3. The third kappa shape index (κ3) is 4.61. The number of fused-ring (bicyclic) bond motifs is 1. The molecule has 33 heavy (non-hydrogen) atoms. The van der Waals surface area contributed by atoms with Crippen LogP contribution in [0.2, 0.25) is 0 Å². The summed E-state index contributed by atoms with van der Waals surface area (Å²) in [5.74, 6) is -1.82. The number of β-amino-alcohol motifs (C(OH)–C–C–N with tert-alkyl or cyclic N) is 1. The number of likely N-dealkylation sites (tertiary alicyclic amines) is 1. The van der Waals surface area contributed by atoms with Gasteiger partial charge in [-0.25, -0.2) is 0 Å². The molecule has 1 spiro atoms. The number of carbonyl (C=O) groups excluding carboxylic acids is 3. The van der Waals surface area contributed by atoms with Crippen LogP contribution in [0.1, 0.15) is 52.9 Å². The Balaban J connectivity index is 1.89. The van der Waals surface area contributed by atoms with E-state index in [4.69, 9.17) is 4.74 Å². The number of carbonyl (C=O) groups is 3. The molecule has 3 heterocycles. The van der Waals surface area contributed by atoms with Crippen molar-refractivity contribution in [1.29, 1.82) is 0 Å². The molecule has 0 aromatic heterocycles. The van der Waals surface area contributed by atoms with Gasteiger partial charge in [-0.15, -0.1) is 24.9 Å². The molecule has 2 bridgehead atoms. The van der Waals surface area contributed by atoms with E-state index >= 15 is 0 Å². The predicted octanol–water partition coefficient (Wildman–Crippen LogP) is 2.78. The molecule has 0 aromatic carbocycles. The van der Waals surface area contributed by atoms with Crippen molar-refractivity contribution in [3.8, 4) is 0 Å². The third-order valence-corrected chi connectivity index (χ3v) is 9.03. The molecule has 0 aromatic rings. The largest absolute Gasteiger partial charge is 0.465 e. The van der Waals surface area contributed by atoms with Crippen LogP contribution in [0.15, 0.2) is 25.3 Å². The third-order valence-electron chi connectivity index (χ3n) is 7.08. The summed E-state index contributed by atoms with van der Waals surface area (Å²) in [6, 6.07) is -0.707. The van der Waals surface area contributed by atoms with E-state index in [1.54, 1.807) is 22.7 Å². The maximum absolute atomic E-state index is 14.0. The molecule has 3 fully saturated rings. The van der Waals surface area contributed by atoms with E-state index in [1.165, 1.54) is 4.90 Å². The van der Waals surface area contributed by atoms with Gasteiger partial charge in [-0.2, -0.15) is 0 Å². The van der Waals surface area contributed by atoms with Gasteiger partial charge in [-0.1, -0.05) is 12.2 Å².